The molecule has 0 unspecified atom stereocenters. The fourth-order valence-corrected chi connectivity index (χ4v) is 1.64. The summed E-state index contributed by atoms with van der Waals surface area (Å²) < 4.78 is 0. The van der Waals surface area contributed by atoms with Gasteiger partial charge in [-0.25, -0.2) is 0 Å². The molecule has 0 aliphatic carbocycles. The zero-order valence-electron chi connectivity index (χ0n) is 8.30. The molecule has 0 spiro atoms. The third-order valence-electron chi connectivity index (χ3n) is 2.06. The molecule has 0 aromatic carbocycles. The lowest BCUT2D eigenvalue weighted by Gasteiger charge is -2.20. The number of halogens is 1. The van der Waals surface area contributed by atoms with Crippen LogP contribution < -0.4 is 0 Å². The second-order valence-corrected chi connectivity index (χ2v) is 4.11. The Bertz CT molecular complexity index is 151. The Kier molecular flexibility index (Phi) is 9.13. The zero-order chi connectivity index (χ0) is 9.52. The summed E-state index contributed by atoms with van der Waals surface area (Å²) in [6, 6.07) is 0. The third kappa shape index (κ3) is 5.41. The monoisotopic (exact) mass is 298 g/mol. The Morgan fingerprint density at radius 1 is 0.929 bits per heavy atom. The fourth-order valence-electron chi connectivity index (χ4n) is 1.35. The van der Waals surface area contributed by atoms with Crippen LogP contribution in [0.5, 0.6) is 0 Å². The molecular formula is C9H19BrN2S2. The first kappa shape index (κ1) is 14.5. The van der Waals surface area contributed by atoms with Crippen LogP contribution in [0.25, 0.3) is 0 Å². The molecule has 5 heteroatoms. The van der Waals surface area contributed by atoms with Crippen LogP contribution in [-0.2, 0) is 0 Å². The van der Waals surface area contributed by atoms with Crippen molar-refractivity contribution in [3.8, 4) is 0 Å². The minimum Gasteiger partial charge on any atom is -0.359 e. The van der Waals surface area contributed by atoms with Crippen molar-refractivity contribution in [3.63, 3.8) is 0 Å². The zero-order valence-corrected chi connectivity index (χ0v) is 11.8. The molecule has 0 aromatic rings. The molecule has 0 saturated heterocycles. The van der Waals surface area contributed by atoms with Crippen molar-refractivity contribution < 1.29 is 0 Å². The fraction of sp³-hybridized carbons (Fsp3) is 0.778. The van der Waals surface area contributed by atoms with Gasteiger partial charge in [-0.15, -0.1) is 17.0 Å². The van der Waals surface area contributed by atoms with Gasteiger partial charge in [-0.3, -0.25) is 0 Å². The van der Waals surface area contributed by atoms with Gasteiger partial charge in [-0.2, -0.15) is 25.3 Å². The smallest absolute Gasteiger partial charge is 0.0893 e. The largest absolute Gasteiger partial charge is 0.359 e. The predicted molar refractivity (Wildman–Crippen MR) is 74.7 cm³/mol. The van der Waals surface area contributed by atoms with Gasteiger partial charge in [-0.05, 0) is 24.3 Å². The van der Waals surface area contributed by atoms with Gasteiger partial charge in [0.2, 0.25) is 0 Å². The van der Waals surface area contributed by atoms with Gasteiger partial charge in [0.05, 0.1) is 6.67 Å². The molecule has 0 fully saturated rings. The number of nitrogens with zero attached hydrogens (tertiary/aromatic N) is 2. The molecule has 0 aromatic heterocycles. The first-order chi connectivity index (χ1) is 6.36. The SMILES string of the molecule is Br.SCCCN1C=CN(CCCS)C1. The van der Waals surface area contributed by atoms with E-state index >= 15 is 0 Å². The molecule has 1 heterocycles. The van der Waals surface area contributed by atoms with Gasteiger partial charge in [0.1, 0.15) is 0 Å². The molecule has 0 saturated carbocycles. The van der Waals surface area contributed by atoms with Crippen LogP contribution in [0.2, 0.25) is 0 Å². The lowest BCUT2D eigenvalue weighted by atomic mass is 10.4. The van der Waals surface area contributed by atoms with Crippen molar-refractivity contribution in [2.24, 2.45) is 0 Å². The van der Waals surface area contributed by atoms with Crippen LogP contribution in [0.4, 0.5) is 0 Å². The first-order valence-electron chi connectivity index (χ1n) is 4.75. The highest BCUT2D eigenvalue weighted by molar-refractivity contribution is 8.93. The molecule has 0 bridgehead atoms. The summed E-state index contributed by atoms with van der Waals surface area (Å²) in [5.74, 6) is 1.95. The maximum atomic E-state index is 4.20. The van der Waals surface area contributed by atoms with Gasteiger partial charge in [0, 0.05) is 25.5 Å². The molecule has 0 N–H and O–H groups in total. The van der Waals surface area contributed by atoms with Crippen LogP contribution in [0.1, 0.15) is 12.8 Å². The number of hydrogen-bond donors (Lipinski definition) is 2. The van der Waals surface area contributed by atoms with Crippen LogP contribution in [0.3, 0.4) is 0 Å². The minimum atomic E-state index is 0. The summed E-state index contributed by atoms with van der Waals surface area (Å²) in [4.78, 5) is 4.66. The number of thiol groups is 2. The lowest BCUT2D eigenvalue weighted by Crippen LogP contribution is -2.27. The molecule has 1 aliphatic heterocycles. The van der Waals surface area contributed by atoms with E-state index in [4.69, 9.17) is 0 Å². The summed E-state index contributed by atoms with van der Waals surface area (Å²) in [7, 11) is 0. The Morgan fingerprint density at radius 3 is 1.71 bits per heavy atom. The van der Waals surface area contributed by atoms with Gasteiger partial charge < -0.3 is 9.80 Å². The molecule has 84 valence electrons. The van der Waals surface area contributed by atoms with Gasteiger partial charge in [-0.1, -0.05) is 0 Å². The Morgan fingerprint density at radius 2 is 1.36 bits per heavy atom. The summed E-state index contributed by atoms with van der Waals surface area (Å²) in [5.41, 5.74) is 0. The second kappa shape index (κ2) is 8.80. The van der Waals surface area contributed by atoms with Gasteiger partial charge >= 0.3 is 0 Å². The Hall–Kier alpha value is 0.520. The maximum Gasteiger partial charge on any atom is 0.0893 e. The average molecular weight is 299 g/mol. The van der Waals surface area contributed by atoms with Crippen molar-refractivity contribution in [3.05, 3.63) is 12.4 Å². The van der Waals surface area contributed by atoms with E-state index in [1.165, 1.54) is 0 Å². The molecular weight excluding hydrogens is 280 g/mol. The highest BCUT2D eigenvalue weighted by Gasteiger charge is 2.09. The summed E-state index contributed by atoms with van der Waals surface area (Å²) in [6.07, 6.45) is 6.66. The van der Waals surface area contributed by atoms with Crippen LogP contribution in [0.15, 0.2) is 12.4 Å². The molecule has 14 heavy (non-hydrogen) atoms. The molecule has 1 aliphatic rings. The molecule has 0 radical (unpaired) electrons. The maximum absolute atomic E-state index is 4.20. The minimum absolute atomic E-state index is 0. The Balaban J connectivity index is 0.00000169. The van der Waals surface area contributed by atoms with Crippen molar-refractivity contribution in [1.29, 1.82) is 0 Å². The lowest BCUT2D eigenvalue weighted by molar-refractivity contribution is 0.266. The normalized spacial score (nSPS) is 14.7. The number of hydrogen-bond acceptors (Lipinski definition) is 4. The summed E-state index contributed by atoms with van der Waals surface area (Å²) in [6.45, 7) is 3.29. The van der Waals surface area contributed by atoms with E-state index < -0.39 is 0 Å². The molecule has 0 atom stereocenters. The van der Waals surface area contributed by atoms with Crippen LogP contribution in [0, 0.1) is 0 Å². The first-order valence-corrected chi connectivity index (χ1v) is 6.01. The Labute approximate surface area is 108 Å². The molecule has 0 amide bonds. The number of rotatable bonds is 6. The van der Waals surface area contributed by atoms with Crippen molar-refractivity contribution in [1.82, 2.24) is 9.80 Å². The van der Waals surface area contributed by atoms with Crippen molar-refractivity contribution in [2.45, 2.75) is 12.8 Å². The summed E-state index contributed by atoms with van der Waals surface area (Å²) >= 11 is 8.40. The quantitative estimate of drug-likeness (QED) is 0.726. The predicted octanol–water partition coefficient (Wildman–Crippen LogP) is 2.25. The average Bonchev–Trinajstić information content (AvgIpc) is 2.59. The van der Waals surface area contributed by atoms with Gasteiger partial charge in [0.25, 0.3) is 0 Å². The third-order valence-corrected chi connectivity index (χ3v) is 2.69. The second-order valence-electron chi connectivity index (χ2n) is 3.22. The topological polar surface area (TPSA) is 6.48 Å². The standard InChI is InChI=1S/C9H18N2S2.BrH/c12-7-1-3-10-5-6-11(9-10)4-2-8-13;/h5-6,12-13H,1-4,7-9H2;1H. The van der Waals surface area contributed by atoms with Crippen LogP contribution in [-0.4, -0.2) is 41.1 Å². The highest BCUT2D eigenvalue weighted by atomic mass is 79.9. The van der Waals surface area contributed by atoms with Crippen molar-refractivity contribution in [2.75, 3.05) is 31.3 Å². The van der Waals surface area contributed by atoms with E-state index in [0.717, 1.165) is 44.1 Å². The van der Waals surface area contributed by atoms with E-state index in [2.05, 4.69) is 47.5 Å². The summed E-state index contributed by atoms with van der Waals surface area (Å²) in [5, 5.41) is 0. The van der Waals surface area contributed by atoms with Crippen LogP contribution >= 0.6 is 42.2 Å². The van der Waals surface area contributed by atoms with E-state index in [9.17, 15) is 0 Å². The molecule has 2 nitrogen and oxygen atoms in total. The van der Waals surface area contributed by atoms with E-state index in [1.54, 1.807) is 0 Å². The van der Waals surface area contributed by atoms with E-state index in [0.29, 0.717) is 0 Å². The van der Waals surface area contributed by atoms with E-state index in [-0.39, 0.29) is 17.0 Å². The highest BCUT2D eigenvalue weighted by Crippen LogP contribution is 2.07. The van der Waals surface area contributed by atoms with Crippen molar-refractivity contribution >= 4 is 42.2 Å². The molecule has 1 rings (SSSR count). The van der Waals surface area contributed by atoms with Gasteiger partial charge in [0.15, 0.2) is 0 Å². The van der Waals surface area contributed by atoms with E-state index in [1.807, 2.05) is 0 Å².